The second-order valence-corrected chi connectivity index (χ2v) is 5.10. The van der Waals surface area contributed by atoms with Gasteiger partial charge in [0.05, 0.1) is 6.42 Å². The van der Waals surface area contributed by atoms with Crippen LogP contribution in [0, 0.1) is 13.8 Å². The highest BCUT2D eigenvalue weighted by Gasteiger charge is 2.08. The maximum Gasteiger partial charge on any atom is 0.307 e. The minimum atomic E-state index is -0.896. The number of carboxylic acid groups (broad SMARTS) is 1. The van der Waals surface area contributed by atoms with Crippen molar-refractivity contribution in [3.63, 3.8) is 0 Å². The Balaban J connectivity index is 2.17. The minimum absolute atomic E-state index is 0.0622. The van der Waals surface area contributed by atoms with Gasteiger partial charge in [-0.25, -0.2) is 0 Å². The Morgan fingerprint density at radius 2 is 1.71 bits per heavy atom. The summed E-state index contributed by atoms with van der Waals surface area (Å²) in [6, 6.07) is 12.5. The molecule has 0 aliphatic carbocycles. The van der Waals surface area contributed by atoms with Crippen LogP contribution in [0.1, 0.15) is 27.0 Å². The molecule has 0 atom stereocenters. The number of amides is 1. The van der Waals surface area contributed by atoms with Crippen molar-refractivity contribution < 1.29 is 14.7 Å². The molecular weight excluding hydrogens is 266 g/mol. The van der Waals surface area contributed by atoms with Gasteiger partial charge in [0.2, 0.25) is 0 Å². The van der Waals surface area contributed by atoms with Crippen molar-refractivity contribution >= 4 is 17.6 Å². The summed E-state index contributed by atoms with van der Waals surface area (Å²) in [5.74, 6) is -1.10. The van der Waals surface area contributed by atoms with E-state index in [-0.39, 0.29) is 12.3 Å². The van der Waals surface area contributed by atoms with Crippen LogP contribution < -0.4 is 5.32 Å². The Labute approximate surface area is 123 Å². The Bertz CT molecular complexity index is 672. The number of aryl methyl sites for hydroxylation is 2. The molecular formula is C17H17NO3. The summed E-state index contributed by atoms with van der Waals surface area (Å²) < 4.78 is 0. The van der Waals surface area contributed by atoms with Gasteiger partial charge >= 0.3 is 5.97 Å². The van der Waals surface area contributed by atoms with Crippen LogP contribution in [0.2, 0.25) is 0 Å². The van der Waals surface area contributed by atoms with E-state index >= 15 is 0 Å². The number of hydrogen-bond donors (Lipinski definition) is 2. The maximum absolute atomic E-state index is 12.2. The van der Waals surface area contributed by atoms with Crippen LogP contribution in [0.5, 0.6) is 0 Å². The number of anilines is 1. The monoisotopic (exact) mass is 283 g/mol. The van der Waals surface area contributed by atoms with Crippen molar-refractivity contribution in [2.24, 2.45) is 0 Å². The molecule has 0 aliphatic heterocycles. The number of carboxylic acids is 1. The van der Waals surface area contributed by atoms with E-state index in [1.54, 1.807) is 24.3 Å². The fraction of sp³-hybridized carbons (Fsp3) is 0.176. The molecule has 4 nitrogen and oxygen atoms in total. The molecule has 0 spiro atoms. The molecule has 2 aromatic rings. The van der Waals surface area contributed by atoms with Gasteiger partial charge in [-0.15, -0.1) is 0 Å². The number of aliphatic carboxylic acids is 1. The standard InChI is InChI=1S/C17H17NO3/c1-11-6-12(2)8-14(7-11)17(21)18-15-5-3-4-13(9-15)10-16(19)20/h3-9H,10H2,1-2H3,(H,18,21)(H,19,20). The first-order valence-corrected chi connectivity index (χ1v) is 6.64. The molecule has 0 saturated carbocycles. The van der Waals surface area contributed by atoms with Gasteiger partial charge in [0.25, 0.3) is 5.91 Å². The Morgan fingerprint density at radius 1 is 1.05 bits per heavy atom. The molecule has 21 heavy (non-hydrogen) atoms. The first-order chi connectivity index (χ1) is 9.94. The van der Waals surface area contributed by atoms with Crippen molar-refractivity contribution in [1.82, 2.24) is 0 Å². The molecule has 2 aromatic carbocycles. The molecule has 4 heteroatoms. The van der Waals surface area contributed by atoms with Crippen LogP contribution in [-0.4, -0.2) is 17.0 Å². The lowest BCUT2D eigenvalue weighted by Gasteiger charge is -2.08. The third kappa shape index (κ3) is 4.18. The molecule has 0 radical (unpaired) electrons. The minimum Gasteiger partial charge on any atom is -0.481 e. The molecule has 0 aromatic heterocycles. The summed E-state index contributed by atoms with van der Waals surface area (Å²) in [6.45, 7) is 3.88. The lowest BCUT2D eigenvalue weighted by molar-refractivity contribution is -0.136. The van der Waals surface area contributed by atoms with E-state index in [0.29, 0.717) is 16.8 Å². The normalized spacial score (nSPS) is 10.2. The fourth-order valence-corrected chi connectivity index (χ4v) is 2.24. The Morgan fingerprint density at radius 3 is 2.33 bits per heavy atom. The smallest absolute Gasteiger partial charge is 0.307 e. The highest BCUT2D eigenvalue weighted by Crippen LogP contribution is 2.14. The molecule has 108 valence electrons. The summed E-state index contributed by atoms with van der Waals surface area (Å²) in [4.78, 5) is 22.9. The van der Waals surface area contributed by atoms with Crippen molar-refractivity contribution in [3.05, 3.63) is 64.7 Å². The average Bonchev–Trinajstić information content (AvgIpc) is 2.37. The zero-order chi connectivity index (χ0) is 15.4. The second-order valence-electron chi connectivity index (χ2n) is 5.10. The third-order valence-corrected chi connectivity index (χ3v) is 3.02. The molecule has 0 fully saturated rings. The van der Waals surface area contributed by atoms with E-state index < -0.39 is 5.97 Å². The first kappa shape index (κ1) is 14.8. The van der Waals surface area contributed by atoms with E-state index in [4.69, 9.17) is 5.11 Å². The first-order valence-electron chi connectivity index (χ1n) is 6.64. The van der Waals surface area contributed by atoms with Gasteiger partial charge in [-0.05, 0) is 43.7 Å². The van der Waals surface area contributed by atoms with Crippen molar-refractivity contribution in [1.29, 1.82) is 0 Å². The maximum atomic E-state index is 12.2. The van der Waals surface area contributed by atoms with Crippen LogP contribution in [0.15, 0.2) is 42.5 Å². The fourth-order valence-electron chi connectivity index (χ4n) is 2.24. The van der Waals surface area contributed by atoms with E-state index in [2.05, 4.69) is 5.32 Å². The average molecular weight is 283 g/mol. The number of rotatable bonds is 4. The zero-order valence-electron chi connectivity index (χ0n) is 12.0. The van der Waals surface area contributed by atoms with Gasteiger partial charge in [0, 0.05) is 11.3 Å². The van der Waals surface area contributed by atoms with Crippen LogP contribution in [0.25, 0.3) is 0 Å². The molecule has 0 heterocycles. The summed E-state index contributed by atoms with van der Waals surface area (Å²) in [5, 5.41) is 11.6. The molecule has 2 rings (SSSR count). The van der Waals surface area contributed by atoms with Crippen molar-refractivity contribution in [3.8, 4) is 0 Å². The largest absolute Gasteiger partial charge is 0.481 e. The molecule has 0 unspecified atom stereocenters. The van der Waals surface area contributed by atoms with E-state index in [1.807, 2.05) is 32.0 Å². The van der Waals surface area contributed by atoms with Crippen LogP contribution in [0.4, 0.5) is 5.69 Å². The zero-order valence-corrected chi connectivity index (χ0v) is 12.0. The SMILES string of the molecule is Cc1cc(C)cc(C(=O)Nc2cccc(CC(=O)O)c2)c1. The number of carbonyl (C=O) groups is 2. The van der Waals surface area contributed by atoms with Gasteiger partial charge in [-0.2, -0.15) is 0 Å². The van der Waals surface area contributed by atoms with E-state index in [9.17, 15) is 9.59 Å². The molecule has 0 bridgehead atoms. The highest BCUT2D eigenvalue weighted by molar-refractivity contribution is 6.04. The van der Waals surface area contributed by atoms with Crippen LogP contribution in [0.3, 0.4) is 0 Å². The Kier molecular flexibility index (Phi) is 4.38. The van der Waals surface area contributed by atoms with Gasteiger partial charge in [-0.1, -0.05) is 29.3 Å². The Hall–Kier alpha value is -2.62. The summed E-state index contributed by atoms with van der Waals surface area (Å²) >= 11 is 0. The predicted molar refractivity (Wildman–Crippen MR) is 81.7 cm³/mol. The lowest BCUT2D eigenvalue weighted by atomic mass is 10.1. The van der Waals surface area contributed by atoms with Crippen LogP contribution >= 0.6 is 0 Å². The molecule has 0 saturated heterocycles. The number of benzene rings is 2. The summed E-state index contributed by atoms with van der Waals surface area (Å²) in [6.07, 6.45) is -0.0622. The quantitative estimate of drug-likeness (QED) is 0.905. The van der Waals surface area contributed by atoms with Gasteiger partial charge < -0.3 is 10.4 Å². The third-order valence-electron chi connectivity index (χ3n) is 3.02. The summed E-state index contributed by atoms with van der Waals surface area (Å²) in [5.41, 5.74) is 3.90. The van der Waals surface area contributed by atoms with E-state index in [0.717, 1.165) is 11.1 Å². The number of hydrogen-bond acceptors (Lipinski definition) is 2. The molecule has 2 N–H and O–H groups in total. The molecule has 1 amide bonds. The van der Waals surface area contributed by atoms with E-state index in [1.165, 1.54) is 0 Å². The second kappa shape index (κ2) is 6.22. The summed E-state index contributed by atoms with van der Waals surface area (Å²) in [7, 11) is 0. The predicted octanol–water partition coefficient (Wildman–Crippen LogP) is 3.18. The highest BCUT2D eigenvalue weighted by atomic mass is 16.4. The van der Waals surface area contributed by atoms with Crippen molar-refractivity contribution in [2.45, 2.75) is 20.3 Å². The van der Waals surface area contributed by atoms with Gasteiger partial charge in [0.15, 0.2) is 0 Å². The van der Waals surface area contributed by atoms with Crippen LogP contribution in [-0.2, 0) is 11.2 Å². The molecule has 0 aliphatic rings. The van der Waals surface area contributed by atoms with Crippen molar-refractivity contribution in [2.75, 3.05) is 5.32 Å². The number of nitrogens with one attached hydrogen (secondary N) is 1. The van der Waals surface area contributed by atoms with Gasteiger partial charge in [-0.3, -0.25) is 9.59 Å². The number of carbonyl (C=O) groups excluding carboxylic acids is 1. The lowest BCUT2D eigenvalue weighted by Crippen LogP contribution is -2.12. The van der Waals surface area contributed by atoms with Gasteiger partial charge in [0.1, 0.15) is 0 Å². The topological polar surface area (TPSA) is 66.4 Å².